The highest BCUT2D eigenvalue weighted by molar-refractivity contribution is 6.76. The van der Waals surface area contributed by atoms with Gasteiger partial charge < -0.3 is 9.84 Å². The van der Waals surface area contributed by atoms with Gasteiger partial charge in [-0.05, 0) is 18.2 Å². The Labute approximate surface area is 118 Å². The first-order chi connectivity index (χ1) is 9.23. The fraction of sp³-hybridized carbons (Fsp3) is 0.462. The van der Waals surface area contributed by atoms with Crippen LogP contribution in [0.25, 0.3) is 0 Å². The summed E-state index contributed by atoms with van der Waals surface area (Å²) >= 11 is 0. The Hall–Kier alpha value is -1.73. The molecule has 0 saturated heterocycles. The fourth-order valence-electron chi connectivity index (χ4n) is 1.77. The number of hydrogen-bond acceptors (Lipinski definition) is 5. The van der Waals surface area contributed by atoms with Gasteiger partial charge in [0.15, 0.2) is 0 Å². The third-order valence-electron chi connectivity index (χ3n) is 2.63. The lowest BCUT2D eigenvalue weighted by molar-refractivity contribution is -0.384. The van der Waals surface area contributed by atoms with Crippen LogP contribution in [0.2, 0.25) is 25.7 Å². The number of esters is 1. The highest BCUT2D eigenvalue weighted by Gasteiger charge is 2.23. The van der Waals surface area contributed by atoms with Crippen LogP contribution in [0.1, 0.15) is 10.4 Å². The fourth-order valence-corrected chi connectivity index (χ4v) is 3.34. The number of aliphatic hydroxyl groups excluding tert-OH is 1. The van der Waals surface area contributed by atoms with Crippen molar-refractivity contribution >= 4 is 19.7 Å². The van der Waals surface area contributed by atoms with Gasteiger partial charge in [-0.25, -0.2) is 4.79 Å². The molecule has 6 nitrogen and oxygen atoms in total. The molecule has 1 atom stereocenters. The predicted octanol–water partition coefficient (Wildman–Crippen LogP) is 2.45. The van der Waals surface area contributed by atoms with Crippen LogP contribution in [-0.4, -0.2) is 36.8 Å². The third-order valence-corrected chi connectivity index (χ3v) is 4.31. The van der Waals surface area contributed by atoms with Gasteiger partial charge in [0.2, 0.25) is 0 Å². The standard InChI is InChI=1S/C13H19NO5Si/c1-20(2,3)9-12(8-15)19-13(16)10-4-6-11(7-5-10)14(17)18/h4-7,12,15H,8-9H2,1-3H3. The number of rotatable bonds is 6. The van der Waals surface area contributed by atoms with Crippen molar-refractivity contribution in [3.05, 3.63) is 39.9 Å². The Morgan fingerprint density at radius 2 is 1.90 bits per heavy atom. The molecular formula is C13H19NO5Si. The van der Waals surface area contributed by atoms with E-state index in [0.29, 0.717) is 6.04 Å². The van der Waals surface area contributed by atoms with Crippen molar-refractivity contribution in [3.63, 3.8) is 0 Å². The van der Waals surface area contributed by atoms with Crippen LogP contribution in [-0.2, 0) is 4.74 Å². The van der Waals surface area contributed by atoms with Crippen molar-refractivity contribution < 1.29 is 19.6 Å². The Morgan fingerprint density at radius 1 is 1.35 bits per heavy atom. The summed E-state index contributed by atoms with van der Waals surface area (Å²) < 4.78 is 5.24. The first-order valence-electron chi connectivity index (χ1n) is 6.29. The number of non-ortho nitro benzene ring substituents is 1. The maximum atomic E-state index is 11.9. The van der Waals surface area contributed by atoms with Gasteiger partial charge >= 0.3 is 5.97 Å². The normalized spacial score (nSPS) is 12.8. The van der Waals surface area contributed by atoms with Gasteiger partial charge in [-0.2, -0.15) is 0 Å². The molecule has 0 fully saturated rings. The van der Waals surface area contributed by atoms with Gasteiger partial charge in [0.1, 0.15) is 6.10 Å². The second-order valence-electron chi connectivity index (χ2n) is 5.78. The lowest BCUT2D eigenvalue weighted by Crippen LogP contribution is -2.32. The van der Waals surface area contributed by atoms with E-state index in [1.54, 1.807) is 0 Å². The topological polar surface area (TPSA) is 89.7 Å². The van der Waals surface area contributed by atoms with Crippen molar-refractivity contribution in [3.8, 4) is 0 Å². The summed E-state index contributed by atoms with van der Waals surface area (Å²) in [5.74, 6) is -0.572. The smallest absolute Gasteiger partial charge is 0.338 e. The molecule has 0 aliphatic heterocycles. The lowest BCUT2D eigenvalue weighted by atomic mass is 10.2. The highest BCUT2D eigenvalue weighted by Crippen LogP contribution is 2.17. The average molecular weight is 297 g/mol. The SMILES string of the molecule is C[Si](C)(C)CC(CO)OC(=O)c1ccc([N+](=O)[O-])cc1. The largest absolute Gasteiger partial charge is 0.457 e. The molecule has 0 radical (unpaired) electrons. The number of nitro groups is 1. The summed E-state index contributed by atoms with van der Waals surface area (Å²) in [4.78, 5) is 21.9. The number of nitro benzene ring substituents is 1. The predicted molar refractivity (Wildman–Crippen MR) is 77.5 cm³/mol. The quantitative estimate of drug-likeness (QED) is 0.377. The highest BCUT2D eigenvalue weighted by atomic mass is 28.3. The summed E-state index contributed by atoms with van der Waals surface area (Å²) in [5, 5.41) is 19.8. The second kappa shape index (κ2) is 6.62. The number of ether oxygens (including phenoxy) is 1. The van der Waals surface area contributed by atoms with Crippen molar-refractivity contribution in [1.29, 1.82) is 0 Å². The Bertz CT molecular complexity index is 481. The molecule has 0 spiro atoms. The summed E-state index contributed by atoms with van der Waals surface area (Å²) in [6, 6.07) is 5.88. The first-order valence-corrected chi connectivity index (χ1v) is 10.00. The molecular weight excluding hydrogens is 278 g/mol. The van der Waals surface area contributed by atoms with Gasteiger partial charge in [-0.3, -0.25) is 10.1 Å². The summed E-state index contributed by atoms with van der Waals surface area (Å²) in [6.07, 6.45) is -0.524. The number of carbonyl (C=O) groups is 1. The monoisotopic (exact) mass is 297 g/mol. The van der Waals surface area contributed by atoms with Gasteiger partial charge in [0.05, 0.1) is 17.1 Å². The number of aliphatic hydroxyl groups is 1. The minimum atomic E-state index is -1.46. The van der Waals surface area contributed by atoms with E-state index in [4.69, 9.17) is 4.74 Å². The van der Waals surface area contributed by atoms with E-state index in [1.807, 2.05) is 0 Å². The van der Waals surface area contributed by atoms with E-state index >= 15 is 0 Å². The summed E-state index contributed by atoms with van der Waals surface area (Å²) in [7, 11) is -1.46. The number of hydrogen-bond donors (Lipinski definition) is 1. The molecule has 20 heavy (non-hydrogen) atoms. The number of carbonyl (C=O) groups excluding carboxylic acids is 1. The van der Waals surface area contributed by atoms with Crippen LogP contribution in [0.5, 0.6) is 0 Å². The van der Waals surface area contributed by atoms with Gasteiger partial charge in [-0.1, -0.05) is 19.6 Å². The van der Waals surface area contributed by atoms with Crippen LogP contribution < -0.4 is 0 Å². The van der Waals surface area contributed by atoms with Gasteiger partial charge in [0.25, 0.3) is 5.69 Å². The molecule has 7 heteroatoms. The van der Waals surface area contributed by atoms with Crippen molar-refractivity contribution in [2.24, 2.45) is 0 Å². The minimum Gasteiger partial charge on any atom is -0.457 e. The Kier molecular flexibility index (Phi) is 5.40. The van der Waals surface area contributed by atoms with Crippen molar-refractivity contribution in [1.82, 2.24) is 0 Å². The molecule has 0 aromatic heterocycles. The average Bonchev–Trinajstić information content (AvgIpc) is 2.36. The zero-order valence-corrected chi connectivity index (χ0v) is 12.8. The maximum Gasteiger partial charge on any atom is 0.338 e. The molecule has 0 bridgehead atoms. The molecule has 0 heterocycles. The first kappa shape index (κ1) is 16.3. The maximum absolute atomic E-state index is 11.9. The van der Waals surface area contributed by atoms with Gasteiger partial charge in [-0.15, -0.1) is 0 Å². The molecule has 1 unspecified atom stereocenters. The minimum absolute atomic E-state index is 0.0812. The van der Waals surface area contributed by atoms with E-state index in [-0.39, 0.29) is 17.9 Å². The molecule has 1 aromatic carbocycles. The zero-order chi connectivity index (χ0) is 15.3. The molecule has 110 valence electrons. The van der Waals surface area contributed by atoms with Crippen LogP contribution in [0, 0.1) is 10.1 Å². The third kappa shape index (κ3) is 5.10. The number of nitrogens with zero attached hydrogens (tertiary/aromatic N) is 1. The molecule has 0 amide bonds. The van der Waals surface area contributed by atoms with E-state index in [9.17, 15) is 20.0 Å². The summed E-state index contributed by atoms with van der Waals surface area (Å²) in [5.41, 5.74) is 0.159. The van der Waals surface area contributed by atoms with Crippen molar-refractivity contribution in [2.75, 3.05) is 6.61 Å². The van der Waals surface area contributed by atoms with E-state index in [1.165, 1.54) is 24.3 Å². The lowest BCUT2D eigenvalue weighted by Gasteiger charge is -2.23. The Morgan fingerprint density at radius 3 is 2.30 bits per heavy atom. The van der Waals surface area contributed by atoms with Crippen LogP contribution in [0.15, 0.2) is 24.3 Å². The van der Waals surface area contributed by atoms with E-state index in [2.05, 4.69) is 19.6 Å². The molecule has 0 aliphatic carbocycles. The van der Waals surface area contributed by atoms with Crippen LogP contribution in [0.4, 0.5) is 5.69 Å². The molecule has 1 rings (SSSR count). The van der Waals surface area contributed by atoms with Crippen LogP contribution >= 0.6 is 0 Å². The van der Waals surface area contributed by atoms with E-state index in [0.717, 1.165) is 0 Å². The Balaban J connectivity index is 2.72. The van der Waals surface area contributed by atoms with Crippen molar-refractivity contribution in [2.45, 2.75) is 31.8 Å². The molecule has 0 saturated carbocycles. The zero-order valence-electron chi connectivity index (χ0n) is 11.8. The molecule has 1 aromatic rings. The molecule has 1 N–H and O–H groups in total. The van der Waals surface area contributed by atoms with Crippen LogP contribution in [0.3, 0.4) is 0 Å². The number of benzene rings is 1. The van der Waals surface area contributed by atoms with E-state index < -0.39 is 25.1 Å². The molecule has 0 aliphatic rings. The van der Waals surface area contributed by atoms with Gasteiger partial charge in [0, 0.05) is 20.2 Å². The second-order valence-corrected chi connectivity index (χ2v) is 11.3. The summed E-state index contributed by atoms with van der Waals surface area (Å²) in [6.45, 7) is 6.14.